The quantitative estimate of drug-likeness (QED) is 0.906. The fourth-order valence-corrected chi connectivity index (χ4v) is 2.21. The van der Waals surface area contributed by atoms with Crippen LogP contribution < -0.4 is 0 Å². The highest BCUT2D eigenvalue weighted by Crippen LogP contribution is 2.20. The zero-order valence-electron chi connectivity index (χ0n) is 10.1. The summed E-state index contributed by atoms with van der Waals surface area (Å²) in [5.74, 6) is -0.824. The number of carboxylic acid groups (broad SMARTS) is 1. The molecule has 2 rings (SSSR count). The number of hydrogen-bond donors (Lipinski definition) is 1. The maximum Gasteiger partial charge on any atom is 0.307 e. The molecule has 1 aliphatic heterocycles. The second-order valence-electron chi connectivity index (χ2n) is 4.38. The van der Waals surface area contributed by atoms with Gasteiger partial charge in [-0.25, -0.2) is 0 Å². The van der Waals surface area contributed by atoms with Crippen molar-refractivity contribution in [1.82, 2.24) is 4.90 Å². The number of benzene rings is 1. The molecule has 1 heterocycles. The highest BCUT2D eigenvalue weighted by Gasteiger charge is 2.13. The maximum atomic E-state index is 10.7. The molecule has 0 amide bonds. The summed E-state index contributed by atoms with van der Waals surface area (Å²) in [6.07, 6.45) is 0.0350. The number of carboxylic acids is 1. The Bertz CT molecular complexity index is 430. The van der Waals surface area contributed by atoms with E-state index in [-0.39, 0.29) is 6.42 Å². The third kappa shape index (κ3) is 3.70. The highest BCUT2D eigenvalue weighted by atomic mass is 35.5. The van der Waals surface area contributed by atoms with Crippen molar-refractivity contribution in [3.8, 4) is 0 Å². The molecule has 1 aromatic carbocycles. The van der Waals surface area contributed by atoms with Gasteiger partial charge >= 0.3 is 5.97 Å². The first-order chi connectivity index (χ1) is 8.65. The third-order valence-electron chi connectivity index (χ3n) is 2.96. The minimum absolute atomic E-state index is 0.0350. The Morgan fingerprint density at radius 3 is 2.78 bits per heavy atom. The van der Waals surface area contributed by atoms with Crippen LogP contribution in [0.25, 0.3) is 0 Å². The second-order valence-corrected chi connectivity index (χ2v) is 4.79. The van der Waals surface area contributed by atoms with Crippen LogP contribution in [0.5, 0.6) is 0 Å². The molecular formula is C13H16ClNO3. The van der Waals surface area contributed by atoms with E-state index in [4.69, 9.17) is 21.4 Å². The van der Waals surface area contributed by atoms with Gasteiger partial charge in [0.25, 0.3) is 0 Å². The van der Waals surface area contributed by atoms with Crippen LogP contribution in [0.15, 0.2) is 18.2 Å². The zero-order valence-corrected chi connectivity index (χ0v) is 10.8. The molecule has 4 nitrogen and oxygen atoms in total. The first kappa shape index (κ1) is 13.3. The average Bonchev–Trinajstić information content (AvgIpc) is 2.34. The van der Waals surface area contributed by atoms with Crippen molar-refractivity contribution in [1.29, 1.82) is 0 Å². The molecule has 1 fully saturated rings. The molecule has 1 aromatic rings. The van der Waals surface area contributed by atoms with Crippen molar-refractivity contribution < 1.29 is 14.6 Å². The van der Waals surface area contributed by atoms with Crippen LogP contribution in [0.2, 0.25) is 5.02 Å². The average molecular weight is 270 g/mol. The monoisotopic (exact) mass is 269 g/mol. The number of hydrogen-bond acceptors (Lipinski definition) is 3. The van der Waals surface area contributed by atoms with Crippen LogP contribution in [-0.2, 0) is 22.5 Å². The minimum Gasteiger partial charge on any atom is -0.481 e. The summed E-state index contributed by atoms with van der Waals surface area (Å²) in [5.41, 5.74) is 1.77. The molecule has 0 spiro atoms. The Morgan fingerprint density at radius 1 is 1.39 bits per heavy atom. The lowest BCUT2D eigenvalue weighted by Gasteiger charge is -2.27. The fraction of sp³-hybridized carbons (Fsp3) is 0.462. The first-order valence-corrected chi connectivity index (χ1v) is 6.32. The Labute approximate surface area is 111 Å². The Morgan fingerprint density at radius 2 is 2.11 bits per heavy atom. The predicted octanol–water partition coefficient (Wildman–Crippen LogP) is 1.80. The molecule has 0 bridgehead atoms. The number of rotatable bonds is 4. The molecule has 98 valence electrons. The van der Waals surface area contributed by atoms with E-state index in [0.717, 1.165) is 44.0 Å². The van der Waals surface area contributed by atoms with Gasteiger partial charge in [-0.1, -0.05) is 23.7 Å². The van der Waals surface area contributed by atoms with Crippen LogP contribution in [0.4, 0.5) is 0 Å². The van der Waals surface area contributed by atoms with Crippen LogP contribution in [0, 0.1) is 0 Å². The molecule has 0 aliphatic carbocycles. The van der Waals surface area contributed by atoms with Crippen molar-refractivity contribution in [3.63, 3.8) is 0 Å². The van der Waals surface area contributed by atoms with Crippen LogP contribution >= 0.6 is 11.6 Å². The summed E-state index contributed by atoms with van der Waals surface area (Å²) in [7, 11) is 0. The molecule has 1 saturated heterocycles. The van der Waals surface area contributed by atoms with Gasteiger partial charge in [-0.2, -0.15) is 0 Å². The lowest BCUT2D eigenvalue weighted by Crippen LogP contribution is -2.35. The van der Waals surface area contributed by atoms with E-state index in [1.54, 1.807) is 12.1 Å². The van der Waals surface area contributed by atoms with Crippen molar-refractivity contribution in [2.75, 3.05) is 26.3 Å². The van der Waals surface area contributed by atoms with Gasteiger partial charge in [0.15, 0.2) is 0 Å². The summed E-state index contributed by atoms with van der Waals surface area (Å²) < 4.78 is 5.29. The third-order valence-corrected chi connectivity index (χ3v) is 3.33. The molecule has 0 unspecified atom stereocenters. The number of nitrogens with zero attached hydrogens (tertiary/aromatic N) is 1. The van der Waals surface area contributed by atoms with E-state index >= 15 is 0 Å². The topological polar surface area (TPSA) is 49.8 Å². The van der Waals surface area contributed by atoms with Crippen molar-refractivity contribution in [2.45, 2.75) is 13.0 Å². The molecule has 1 aliphatic rings. The summed E-state index contributed by atoms with van der Waals surface area (Å²) in [6.45, 7) is 4.01. The molecule has 5 heteroatoms. The Kier molecular flexibility index (Phi) is 4.58. The number of morpholine rings is 1. The van der Waals surface area contributed by atoms with Gasteiger partial charge < -0.3 is 9.84 Å². The van der Waals surface area contributed by atoms with E-state index in [9.17, 15) is 4.79 Å². The smallest absolute Gasteiger partial charge is 0.307 e. The molecule has 0 aromatic heterocycles. The molecule has 0 radical (unpaired) electrons. The van der Waals surface area contributed by atoms with E-state index in [0.29, 0.717) is 5.02 Å². The molecule has 0 atom stereocenters. The van der Waals surface area contributed by atoms with Gasteiger partial charge in [0, 0.05) is 24.7 Å². The van der Waals surface area contributed by atoms with Crippen molar-refractivity contribution in [2.24, 2.45) is 0 Å². The maximum absolute atomic E-state index is 10.7. The predicted molar refractivity (Wildman–Crippen MR) is 68.9 cm³/mol. The minimum atomic E-state index is -0.824. The fourth-order valence-electron chi connectivity index (χ4n) is 2.03. The van der Waals surface area contributed by atoms with Gasteiger partial charge in [-0.15, -0.1) is 0 Å². The number of aliphatic carboxylic acids is 1. The van der Waals surface area contributed by atoms with Crippen LogP contribution in [0.3, 0.4) is 0 Å². The van der Waals surface area contributed by atoms with Crippen LogP contribution in [-0.4, -0.2) is 42.3 Å². The summed E-state index contributed by atoms with van der Waals surface area (Å²) >= 11 is 6.15. The Balaban J connectivity index is 2.07. The number of ether oxygens (including phenoxy) is 1. The molecular weight excluding hydrogens is 254 g/mol. The van der Waals surface area contributed by atoms with Gasteiger partial charge in [-0.05, 0) is 17.2 Å². The van der Waals surface area contributed by atoms with Crippen molar-refractivity contribution in [3.05, 3.63) is 34.3 Å². The normalized spacial score (nSPS) is 16.7. The molecule has 18 heavy (non-hydrogen) atoms. The lowest BCUT2D eigenvalue weighted by molar-refractivity contribution is -0.136. The zero-order chi connectivity index (χ0) is 13.0. The largest absolute Gasteiger partial charge is 0.481 e. The van der Waals surface area contributed by atoms with Gasteiger partial charge in [0.2, 0.25) is 0 Å². The van der Waals surface area contributed by atoms with Gasteiger partial charge in [-0.3, -0.25) is 9.69 Å². The molecule has 0 saturated carbocycles. The summed E-state index contributed by atoms with van der Waals surface area (Å²) in [6, 6.07) is 5.42. The van der Waals surface area contributed by atoms with Gasteiger partial charge in [0.1, 0.15) is 0 Å². The highest BCUT2D eigenvalue weighted by molar-refractivity contribution is 6.31. The van der Waals surface area contributed by atoms with Gasteiger partial charge in [0.05, 0.1) is 19.6 Å². The van der Waals surface area contributed by atoms with E-state index in [1.165, 1.54) is 0 Å². The summed E-state index contributed by atoms with van der Waals surface area (Å²) in [4.78, 5) is 13.0. The second kappa shape index (κ2) is 6.18. The SMILES string of the molecule is O=C(O)Cc1ccc(Cl)c(CN2CCOCC2)c1. The standard InChI is InChI=1S/C13H16ClNO3/c14-12-2-1-10(8-13(16)17)7-11(12)9-15-3-5-18-6-4-15/h1-2,7H,3-6,8-9H2,(H,16,17). The first-order valence-electron chi connectivity index (χ1n) is 5.94. The Hall–Kier alpha value is -1.10. The van der Waals surface area contributed by atoms with E-state index < -0.39 is 5.97 Å². The lowest BCUT2D eigenvalue weighted by atomic mass is 10.1. The van der Waals surface area contributed by atoms with Crippen molar-refractivity contribution >= 4 is 17.6 Å². The van der Waals surface area contributed by atoms with E-state index in [2.05, 4.69) is 4.90 Å². The van der Waals surface area contributed by atoms with Crippen LogP contribution in [0.1, 0.15) is 11.1 Å². The summed E-state index contributed by atoms with van der Waals surface area (Å²) in [5, 5.41) is 9.48. The number of halogens is 1. The van der Waals surface area contributed by atoms with E-state index in [1.807, 2.05) is 6.07 Å². The molecule has 1 N–H and O–H groups in total. The number of carbonyl (C=O) groups is 1.